The molecule has 7 unspecified atom stereocenters. The van der Waals surface area contributed by atoms with Crippen LogP contribution >= 0.6 is 0 Å². The predicted octanol–water partition coefficient (Wildman–Crippen LogP) is 6.16. The van der Waals surface area contributed by atoms with Crippen LogP contribution in [-0.4, -0.2) is 0 Å². The van der Waals surface area contributed by atoms with Crippen LogP contribution in [0.4, 0.5) is 0 Å². The topological polar surface area (TPSA) is 0 Å². The smallest absolute Gasteiger partial charge is 0.0135 e. The van der Waals surface area contributed by atoms with Gasteiger partial charge in [0.1, 0.15) is 0 Å². The maximum absolute atomic E-state index is 2.74. The van der Waals surface area contributed by atoms with E-state index in [1.165, 1.54) is 12.8 Å². The fourth-order valence-corrected chi connectivity index (χ4v) is 10.4. The Morgan fingerprint density at radius 1 is 0.955 bits per heavy atom. The van der Waals surface area contributed by atoms with Crippen molar-refractivity contribution < 1.29 is 0 Å². The molecule has 0 aromatic heterocycles. The number of rotatable bonds is 1. The standard InChI is InChI=1S/C22H36/c1-8-14-11-20(6)18(3,4)21(7)19(5)12-22(20,21)17(14)16-9-15(10-16)13(19)2/h13-17H,8-12H2,1-7H3. The van der Waals surface area contributed by atoms with Crippen LogP contribution in [-0.2, 0) is 0 Å². The predicted molar refractivity (Wildman–Crippen MR) is 92.4 cm³/mol. The first-order valence-electron chi connectivity index (χ1n) is 10.1. The van der Waals surface area contributed by atoms with Crippen LogP contribution in [0.5, 0.6) is 0 Å². The van der Waals surface area contributed by atoms with Crippen molar-refractivity contribution in [1.29, 1.82) is 0 Å². The van der Waals surface area contributed by atoms with E-state index in [1.54, 1.807) is 19.3 Å². The second-order valence-electron chi connectivity index (χ2n) is 11.3. The van der Waals surface area contributed by atoms with Gasteiger partial charge < -0.3 is 0 Å². The first-order valence-corrected chi connectivity index (χ1v) is 10.1. The quantitative estimate of drug-likeness (QED) is 0.544. The molecule has 124 valence electrons. The van der Waals surface area contributed by atoms with E-state index in [-0.39, 0.29) is 0 Å². The minimum absolute atomic E-state index is 0.521. The van der Waals surface area contributed by atoms with Crippen LogP contribution in [0.25, 0.3) is 0 Å². The van der Waals surface area contributed by atoms with E-state index in [4.69, 9.17) is 0 Å². The molecule has 8 saturated carbocycles. The summed E-state index contributed by atoms with van der Waals surface area (Å²) in [6.45, 7) is 18.5. The normalized spacial score (nSPS) is 69.7. The summed E-state index contributed by atoms with van der Waals surface area (Å²) in [7, 11) is 0. The van der Waals surface area contributed by atoms with Crippen molar-refractivity contribution in [3.05, 3.63) is 0 Å². The summed E-state index contributed by atoms with van der Waals surface area (Å²) in [4.78, 5) is 0. The van der Waals surface area contributed by atoms with Crippen molar-refractivity contribution in [3.63, 3.8) is 0 Å². The maximum Gasteiger partial charge on any atom is -0.0135 e. The van der Waals surface area contributed by atoms with Crippen molar-refractivity contribution in [2.45, 2.75) is 80.6 Å². The molecule has 0 aromatic rings. The Labute approximate surface area is 137 Å². The molecule has 0 aliphatic heterocycles. The Morgan fingerprint density at radius 2 is 1.59 bits per heavy atom. The van der Waals surface area contributed by atoms with Gasteiger partial charge in [0, 0.05) is 0 Å². The summed E-state index contributed by atoms with van der Waals surface area (Å²) in [6, 6.07) is 0. The molecule has 0 amide bonds. The zero-order valence-electron chi connectivity index (χ0n) is 15.9. The molecule has 8 fully saturated rings. The van der Waals surface area contributed by atoms with Crippen molar-refractivity contribution in [2.24, 2.45) is 56.7 Å². The van der Waals surface area contributed by atoms with Gasteiger partial charge in [-0.05, 0) is 82.3 Å². The van der Waals surface area contributed by atoms with E-state index in [0.29, 0.717) is 27.1 Å². The van der Waals surface area contributed by atoms with Gasteiger partial charge in [-0.25, -0.2) is 0 Å². The molecule has 8 aliphatic rings. The van der Waals surface area contributed by atoms with Gasteiger partial charge in [-0.3, -0.25) is 0 Å². The van der Waals surface area contributed by atoms with Crippen LogP contribution < -0.4 is 0 Å². The Kier molecular flexibility index (Phi) is 2.19. The van der Waals surface area contributed by atoms with Crippen molar-refractivity contribution in [1.82, 2.24) is 0 Å². The van der Waals surface area contributed by atoms with Crippen molar-refractivity contribution in [3.8, 4) is 0 Å². The summed E-state index contributed by atoms with van der Waals surface area (Å²) >= 11 is 0. The molecular weight excluding hydrogens is 264 g/mol. The fourth-order valence-electron chi connectivity index (χ4n) is 10.4. The van der Waals surface area contributed by atoms with E-state index in [2.05, 4.69) is 48.5 Å². The molecule has 0 heterocycles. The molecule has 4 bridgehead atoms. The van der Waals surface area contributed by atoms with Gasteiger partial charge in [0.25, 0.3) is 0 Å². The van der Waals surface area contributed by atoms with E-state index >= 15 is 0 Å². The van der Waals surface area contributed by atoms with E-state index < -0.39 is 0 Å². The molecule has 0 radical (unpaired) electrons. The number of hydrogen-bond acceptors (Lipinski definition) is 0. The molecule has 8 rings (SSSR count). The largest absolute Gasteiger partial charge is 0.0651 e. The summed E-state index contributed by atoms with van der Waals surface area (Å²) in [5, 5.41) is 0. The average molecular weight is 301 g/mol. The highest BCUT2D eigenvalue weighted by molar-refractivity contribution is 5.42. The van der Waals surface area contributed by atoms with Crippen LogP contribution in [0.15, 0.2) is 0 Å². The van der Waals surface area contributed by atoms with Gasteiger partial charge in [-0.1, -0.05) is 54.9 Å². The van der Waals surface area contributed by atoms with Gasteiger partial charge in [0.2, 0.25) is 0 Å². The lowest BCUT2D eigenvalue weighted by Gasteiger charge is -2.94. The second-order valence-corrected chi connectivity index (χ2v) is 11.3. The molecule has 0 heteroatoms. The lowest BCUT2D eigenvalue weighted by molar-refractivity contribution is -0.467. The van der Waals surface area contributed by atoms with Gasteiger partial charge >= 0.3 is 0 Å². The third-order valence-corrected chi connectivity index (χ3v) is 12.0. The Balaban J connectivity index is 1.75. The molecule has 0 N–H and O–H groups in total. The fraction of sp³-hybridized carbons (Fsp3) is 1.00. The summed E-state index contributed by atoms with van der Waals surface area (Å²) in [5.41, 5.74) is 3.03. The van der Waals surface area contributed by atoms with Crippen molar-refractivity contribution in [2.75, 3.05) is 0 Å². The van der Waals surface area contributed by atoms with E-state index in [0.717, 1.165) is 29.6 Å². The molecule has 22 heavy (non-hydrogen) atoms. The third kappa shape index (κ3) is 0.891. The van der Waals surface area contributed by atoms with Crippen LogP contribution in [0.3, 0.4) is 0 Å². The monoisotopic (exact) mass is 300 g/mol. The summed E-state index contributed by atoms with van der Waals surface area (Å²) in [5.74, 6) is 5.17. The Morgan fingerprint density at radius 3 is 2.18 bits per heavy atom. The van der Waals surface area contributed by atoms with Gasteiger partial charge in [-0.15, -0.1) is 0 Å². The minimum Gasteiger partial charge on any atom is -0.0651 e. The van der Waals surface area contributed by atoms with Gasteiger partial charge in [0.15, 0.2) is 0 Å². The first-order chi connectivity index (χ1) is 10.1. The second kappa shape index (κ2) is 3.36. The highest BCUT2D eigenvalue weighted by Crippen LogP contribution is 3.00. The molecule has 0 saturated heterocycles. The SMILES string of the molecule is CCC1CC2(C)C(C)(C)C3(C)C4(C)CC23C1C1CC(C1)C4C. The molecule has 0 aromatic carbocycles. The molecule has 1 spiro atoms. The maximum atomic E-state index is 2.74. The molecular formula is C22H36. The summed E-state index contributed by atoms with van der Waals surface area (Å²) in [6.07, 6.45) is 7.67. The van der Waals surface area contributed by atoms with E-state index in [9.17, 15) is 0 Å². The lowest BCUT2D eigenvalue weighted by Crippen LogP contribution is -2.89. The van der Waals surface area contributed by atoms with Crippen LogP contribution in [0.1, 0.15) is 80.6 Å². The summed E-state index contributed by atoms with van der Waals surface area (Å²) < 4.78 is 0. The third-order valence-electron chi connectivity index (χ3n) is 12.0. The van der Waals surface area contributed by atoms with Gasteiger partial charge in [0.05, 0.1) is 0 Å². The molecule has 0 nitrogen and oxygen atoms in total. The first kappa shape index (κ1) is 14.4. The van der Waals surface area contributed by atoms with Crippen LogP contribution in [0, 0.1) is 56.7 Å². The Bertz CT molecular complexity index is 554. The van der Waals surface area contributed by atoms with Gasteiger partial charge in [-0.2, -0.15) is 0 Å². The highest BCUT2D eigenvalue weighted by Gasteiger charge is 2.95. The zero-order valence-corrected chi connectivity index (χ0v) is 15.9. The average Bonchev–Trinajstić information content (AvgIpc) is 2.65. The van der Waals surface area contributed by atoms with E-state index in [1.807, 2.05) is 0 Å². The number of hydrogen-bond donors (Lipinski definition) is 0. The lowest BCUT2D eigenvalue weighted by atomic mass is 9.10. The van der Waals surface area contributed by atoms with Crippen LogP contribution in [0.2, 0.25) is 0 Å². The Hall–Kier alpha value is 0. The minimum atomic E-state index is 0.521. The van der Waals surface area contributed by atoms with Crippen molar-refractivity contribution >= 4 is 0 Å². The zero-order chi connectivity index (χ0) is 15.9. The molecule has 8 aliphatic carbocycles. The molecule has 7 atom stereocenters. The highest BCUT2D eigenvalue weighted by atomic mass is 15.0.